The summed E-state index contributed by atoms with van der Waals surface area (Å²) in [4.78, 5) is 16.5. The fraction of sp³-hybridized carbons (Fsp3) is 0.381. The first-order valence-corrected chi connectivity index (χ1v) is 9.63. The molecule has 2 aromatic rings. The highest BCUT2D eigenvalue weighted by Crippen LogP contribution is 2.21. The molecule has 0 spiro atoms. The molecule has 1 saturated heterocycles. The summed E-state index contributed by atoms with van der Waals surface area (Å²) in [7, 11) is 0. The molecular weight excluding hydrogens is 365 g/mol. The summed E-state index contributed by atoms with van der Waals surface area (Å²) in [5.41, 5.74) is 1.69. The van der Waals surface area contributed by atoms with Crippen molar-refractivity contribution in [2.24, 2.45) is 0 Å². The number of amides is 1. The van der Waals surface area contributed by atoms with Crippen LogP contribution in [0.15, 0.2) is 48.5 Å². The van der Waals surface area contributed by atoms with E-state index in [1.54, 1.807) is 12.1 Å². The van der Waals surface area contributed by atoms with Gasteiger partial charge in [0, 0.05) is 49.4 Å². The Morgan fingerprint density at radius 1 is 1.11 bits per heavy atom. The zero-order chi connectivity index (χ0) is 19.2. The lowest BCUT2D eigenvalue weighted by atomic mass is 10.1. The minimum Gasteiger partial charge on any atom is -0.339 e. The molecule has 1 aliphatic rings. The van der Waals surface area contributed by atoms with Gasteiger partial charge >= 0.3 is 0 Å². The van der Waals surface area contributed by atoms with Crippen LogP contribution in [-0.4, -0.2) is 48.4 Å². The number of piperazine rings is 1. The summed E-state index contributed by atoms with van der Waals surface area (Å²) in [5, 5.41) is 3.74. The van der Waals surface area contributed by atoms with Crippen molar-refractivity contribution in [3.63, 3.8) is 0 Å². The fourth-order valence-corrected chi connectivity index (χ4v) is 3.50. The Labute approximate surface area is 164 Å². The summed E-state index contributed by atoms with van der Waals surface area (Å²) in [5.74, 6) is -0.179. The number of nitrogens with zero attached hydrogens (tertiary/aromatic N) is 2. The highest BCUT2D eigenvalue weighted by Gasteiger charge is 2.22. The van der Waals surface area contributed by atoms with E-state index in [-0.39, 0.29) is 17.8 Å². The molecule has 1 fully saturated rings. The molecule has 1 amide bonds. The lowest BCUT2D eigenvalue weighted by Crippen LogP contribution is -2.50. The van der Waals surface area contributed by atoms with Crippen molar-refractivity contribution in [1.82, 2.24) is 15.1 Å². The minimum atomic E-state index is -0.278. The van der Waals surface area contributed by atoms with E-state index in [4.69, 9.17) is 11.6 Å². The van der Waals surface area contributed by atoms with Gasteiger partial charge in [-0.3, -0.25) is 9.69 Å². The number of nitrogens with one attached hydrogen (secondary N) is 1. The van der Waals surface area contributed by atoms with E-state index >= 15 is 0 Å². The van der Waals surface area contributed by atoms with Gasteiger partial charge in [-0.05, 0) is 24.6 Å². The molecule has 0 radical (unpaired) electrons. The largest absolute Gasteiger partial charge is 0.339 e. The van der Waals surface area contributed by atoms with Crippen molar-refractivity contribution in [3.05, 3.63) is 70.5 Å². The molecule has 3 rings (SSSR count). The van der Waals surface area contributed by atoms with Gasteiger partial charge < -0.3 is 10.2 Å². The summed E-state index contributed by atoms with van der Waals surface area (Å²) in [6, 6.07) is 15.0. The van der Waals surface area contributed by atoms with E-state index in [1.807, 2.05) is 23.1 Å². The second-order valence-corrected chi connectivity index (χ2v) is 7.28. The third kappa shape index (κ3) is 5.28. The molecule has 0 aromatic heterocycles. The van der Waals surface area contributed by atoms with Crippen molar-refractivity contribution in [2.45, 2.75) is 19.5 Å². The molecular formula is C21H25ClFN3O. The van der Waals surface area contributed by atoms with Gasteiger partial charge in [0.1, 0.15) is 5.82 Å². The summed E-state index contributed by atoms with van der Waals surface area (Å²) in [6.45, 7) is 5.55. The van der Waals surface area contributed by atoms with Gasteiger partial charge in [0.2, 0.25) is 5.91 Å². The predicted molar refractivity (Wildman–Crippen MR) is 106 cm³/mol. The number of carbonyl (C=O) groups is 1. The molecule has 0 aliphatic carbocycles. The first-order valence-electron chi connectivity index (χ1n) is 9.26. The first kappa shape index (κ1) is 19.8. The van der Waals surface area contributed by atoms with Crippen molar-refractivity contribution >= 4 is 17.5 Å². The van der Waals surface area contributed by atoms with Crippen molar-refractivity contribution in [2.75, 3.05) is 32.7 Å². The molecule has 144 valence electrons. The van der Waals surface area contributed by atoms with Crippen LogP contribution in [0.25, 0.3) is 0 Å². The summed E-state index contributed by atoms with van der Waals surface area (Å²) in [6.07, 6.45) is 0. The first-order chi connectivity index (χ1) is 13.0. The molecule has 6 heteroatoms. The number of halogens is 2. The van der Waals surface area contributed by atoms with Crippen molar-refractivity contribution in [1.29, 1.82) is 0 Å². The fourth-order valence-electron chi connectivity index (χ4n) is 3.27. The second kappa shape index (κ2) is 9.31. The maximum absolute atomic E-state index is 13.9. The normalized spacial score (nSPS) is 16.3. The SMILES string of the molecule is C[C@H](NCC(=O)N1CCN(Cc2c(F)cccc2Cl)CC1)c1ccccc1. The van der Waals surface area contributed by atoms with Gasteiger partial charge in [0.25, 0.3) is 0 Å². The number of carbonyl (C=O) groups excluding carboxylic acids is 1. The van der Waals surface area contributed by atoms with Crippen LogP contribution in [0.4, 0.5) is 4.39 Å². The van der Waals surface area contributed by atoms with E-state index in [2.05, 4.69) is 29.3 Å². The van der Waals surface area contributed by atoms with Crippen LogP contribution in [0, 0.1) is 5.82 Å². The smallest absolute Gasteiger partial charge is 0.236 e. The van der Waals surface area contributed by atoms with Crippen LogP contribution in [0.3, 0.4) is 0 Å². The highest BCUT2D eigenvalue weighted by molar-refractivity contribution is 6.31. The van der Waals surface area contributed by atoms with Crippen LogP contribution < -0.4 is 5.32 Å². The van der Waals surface area contributed by atoms with Crippen molar-refractivity contribution < 1.29 is 9.18 Å². The Balaban J connectivity index is 1.45. The number of hydrogen-bond acceptors (Lipinski definition) is 3. The molecule has 1 atom stereocenters. The van der Waals surface area contributed by atoms with Crippen LogP contribution >= 0.6 is 11.6 Å². The second-order valence-electron chi connectivity index (χ2n) is 6.87. The van der Waals surface area contributed by atoms with Gasteiger partial charge in [0.05, 0.1) is 6.54 Å². The molecule has 1 aliphatic heterocycles. The van der Waals surface area contributed by atoms with E-state index in [1.165, 1.54) is 6.07 Å². The quantitative estimate of drug-likeness (QED) is 0.821. The lowest BCUT2D eigenvalue weighted by Gasteiger charge is -2.35. The summed E-state index contributed by atoms with van der Waals surface area (Å²) >= 11 is 6.11. The van der Waals surface area contributed by atoms with Crippen LogP contribution in [0.1, 0.15) is 24.1 Å². The van der Waals surface area contributed by atoms with Crippen LogP contribution in [-0.2, 0) is 11.3 Å². The third-order valence-corrected chi connectivity index (χ3v) is 5.38. The lowest BCUT2D eigenvalue weighted by molar-refractivity contribution is -0.132. The van der Waals surface area contributed by atoms with Crippen LogP contribution in [0.2, 0.25) is 5.02 Å². The Bertz CT molecular complexity index is 743. The number of rotatable bonds is 6. The Hall–Kier alpha value is -1.95. The van der Waals surface area contributed by atoms with Gasteiger partial charge in [0.15, 0.2) is 0 Å². The average Bonchev–Trinajstić information content (AvgIpc) is 2.70. The molecule has 0 bridgehead atoms. The van der Waals surface area contributed by atoms with Gasteiger partial charge in [-0.25, -0.2) is 4.39 Å². The van der Waals surface area contributed by atoms with Crippen LogP contribution in [0.5, 0.6) is 0 Å². The maximum atomic E-state index is 13.9. The maximum Gasteiger partial charge on any atom is 0.236 e. The van der Waals surface area contributed by atoms with Gasteiger partial charge in [-0.15, -0.1) is 0 Å². The van der Waals surface area contributed by atoms with Gasteiger partial charge in [-0.2, -0.15) is 0 Å². The van der Waals surface area contributed by atoms with E-state index in [9.17, 15) is 9.18 Å². The predicted octanol–water partition coefficient (Wildman–Crippen LogP) is 3.47. The molecule has 1 heterocycles. The minimum absolute atomic E-state index is 0.0985. The average molecular weight is 390 g/mol. The number of hydrogen-bond donors (Lipinski definition) is 1. The molecule has 2 aromatic carbocycles. The molecule has 1 N–H and O–H groups in total. The molecule has 4 nitrogen and oxygen atoms in total. The Kier molecular flexibility index (Phi) is 6.83. The van der Waals surface area contributed by atoms with Crippen molar-refractivity contribution in [3.8, 4) is 0 Å². The number of benzene rings is 2. The monoisotopic (exact) mass is 389 g/mol. The molecule has 0 saturated carbocycles. The zero-order valence-electron chi connectivity index (χ0n) is 15.5. The third-order valence-electron chi connectivity index (χ3n) is 5.03. The summed E-state index contributed by atoms with van der Waals surface area (Å²) < 4.78 is 13.9. The Morgan fingerprint density at radius 3 is 2.48 bits per heavy atom. The zero-order valence-corrected chi connectivity index (χ0v) is 16.3. The Morgan fingerprint density at radius 2 is 1.81 bits per heavy atom. The van der Waals surface area contributed by atoms with Gasteiger partial charge in [-0.1, -0.05) is 48.0 Å². The standard InChI is InChI=1S/C21H25ClFN3O/c1-16(17-6-3-2-4-7-17)24-14-21(27)26-12-10-25(11-13-26)15-18-19(22)8-5-9-20(18)23/h2-9,16,24H,10-15H2,1H3/t16-/m0/s1. The van der Waals surface area contributed by atoms with E-state index in [0.29, 0.717) is 49.9 Å². The highest BCUT2D eigenvalue weighted by atomic mass is 35.5. The molecule has 0 unspecified atom stereocenters. The topological polar surface area (TPSA) is 35.6 Å². The van der Waals surface area contributed by atoms with E-state index in [0.717, 1.165) is 5.56 Å². The molecule has 27 heavy (non-hydrogen) atoms. The van der Waals surface area contributed by atoms with E-state index < -0.39 is 0 Å².